The van der Waals surface area contributed by atoms with E-state index in [1.165, 1.54) is 0 Å². The Labute approximate surface area is 125 Å². The maximum atomic E-state index is 12.1. The summed E-state index contributed by atoms with van der Waals surface area (Å²) in [7, 11) is 0. The van der Waals surface area contributed by atoms with Crippen molar-refractivity contribution in [2.45, 2.75) is 39.7 Å². The van der Waals surface area contributed by atoms with Crippen molar-refractivity contribution in [3.8, 4) is 5.75 Å². The second-order valence-corrected chi connectivity index (χ2v) is 5.28. The molecule has 1 atom stereocenters. The molecule has 0 radical (unpaired) electrons. The van der Waals surface area contributed by atoms with E-state index >= 15 is 0 Å². The molecule has 0 aliphatic carbocycles. The molecule has 21 heavy (non-hydrogen) atoms. The molecule has 0 bridgehead atoms. The molecule has 1 amide bonds. The van der Waals surface area contributed by atoms with Gasteiger partial charge in [0, 0.05) is 18.5 Å². The third kappa shape index (κ3) is 6.29. The van der Waals surface area contributed by atoms with Crippen LogP contribution in [0.3, 0.4) is 0 Å². The lowest BCUT2D eigenvalue weighted by Gasteiger charge is -2.14. The van der Waals surface area contributed by atoms with Crippen LogP contribution in [-0.4, -0.2) is 29.6 Å². The van der Waals surface area contributed by atoms with Crippen molar-refractivity contribution in [2.75, 3.05) is 6.54 Å². The van der Waals surface area contributed by atoms with Crippen LogP contribution in [0.5, 0.6) is 5.75 Å². The van der Waals surface area contributed by atoms with Gasteiger partial charge in [0.15, 0.2) is 0 Å². The minimum absolute atomic E-state index is 0.0448. The first-order chi connectivity index (χ1) is 9.92. The number of carboxylic acid groups (broad SMARTS) is 1. The Kier molecular flexibility index (Phi) is 6.72. The highest BCUT2D eigenvalue weighted by atomic mass is 16.5. The van der Waals surface area contributed by atoms with E-state index in [1.807, 2.05) is 20.8 Å². The zero-order chi connectivity index (χ0) is 15.8. The second kappa shape index (κ2) is 8.29. The third-order valence-electron chi connectivity index (χ3n) is 3.06. The number of nitrogens with one attached hydrogen (secondary N) is 1. The summed E-state index contributed by atoms with van der Waals surface area (Å²) in [5.74, 6) is -0.465. The van der Waals surface area contributed by atoms with E-state index in [-0.39, 0.29) is 24.3 Å². The van der Waals surface area contributed by atoms with Crippen molar-refractivity contribution in [1.29, 1.82) is 0 Å². The highest BCUT2D eigenvalue weighted by Crippen LogP contribution is 2.15. The maximum absolute atomic E-state index is 12.1. The lowest BCUT2D eigenvalue weighted by atomic mass is 10.0. The fourth-order valence-electron chi connectivity index (χ4n) is 1.93. The molecule has 0 saturated heterocycles. The van der Waals surface area contributed by atoms with Gasteiger partial charge in [-0.05, 0) is 38.0 Å². The van der Waals surface area contributed by atoms with Crippen molar-refractivity contribution >= 4 is 11.9 Å². The van der Waals surface area contributed by atoms with Crippen molar-refractivity contribution in [3.63, 3.8) is 0 Å². The van der Waals surface area contributed by atoms with E-state index in [4.69, 9.17) is 9.84 Å². The highest BCUT2D eigenvalue weighted by molar-refractivity contribution is 5.94. The number of benzene rings is 1. The number of ether oxygens (including phenoxy) is 1. The van der Waals surface area contributed by atoms with Gasteiger partial charge in [-0.25, -0.2) is 0 Å². The Hall–Kier alpha value is -2.04. The summed E-state index contributed by atoms with van der Waals surface area (Å²) in [6.07, 6.45) is 0.819. The molecule has 0 heterocycles. The summed E-state index contributed by atoms with van der Waals surface area (Å²) < 4.78 is 5.55. The summed E-state index contributed by atoms with van der Waals surface area (Å²) in [5.41, 5.74) is 0.512. The van der Waals surface area contributed by atoms with Gasteiger partial charge in [-0.2, -0.15) is 0 Å². The van der Waals surface area contributed by atoms with Gasteiger partial charge in [-0.1, -0.05) is 19.4 Å². The van der Waals surface area contributed by atoms with Crippen molar-refractivity contribution in [3.05, 3.63) is 29.8 Å². The number of carbonyl (C=O) groups is 2. The van der Waals surface area contributed by atoms with Crippen LogP contribution < -0.4 is 10.1 Å². The van der Waals surface area contributed by atoms with Crippen molar-refractivity contribution < 1.29 is 19.4 Å². The molecule has 5 heteroatoms. The van der Waals surface area contributed by atoms with E-state index in [9.17, 15) is 9.59 Å². The Balaban J connectivity index is 2.60. The van der Waals surface area contributed by atoms with Crippen LogP contribution in [0.1, 0.15) is 44.0 Å². The lowest BCUT2D eigenvalue weighted by molar-refractivity contribution is -0.138. The first-order valence-electron chi connectivity index (χ1n) is 7.19. The molecule has 0 saturated carbocycles. The van der Waals surface area contributed by atoms with Gasteiger partial charge in [0.2, 0.25) is 0 Å². The normalized spacial score (nSPS) is 12.0. The average molecular weight is 293 g/mol. The fraction of sp³-hybridized carbons (Fsp3) is 0.500. The summed E-state index contributed by atoms with van der Waals surface area (Å²) in [6.45, 7) is 6.11. The van der Waals surface area contributed by atoms with E-state index in [0.717, 1.165) is 0 Å². The van der Waals surface area contributed by atoms with Gasteiger partial charge < -0.3 is 15.2 Å². The van der Waals surface area contributed by atoms with Crippen LogP contribution in [0.25, 0.3) is 0 Å². The Morgan fingerprint density at radius 2 is 2.05 bits per heavy atom. The predicted octanol–water partition coefficient (Wildman–Crippen LogP) is 2.70. The van der Waals surface area contributed by atoms with Gasteiger partial charge in [0.25, 0.3) is 5.91 Å². The number of hydrogen-bond donors (Lipinski definition) is 2. The molecule has 0 aliphatic heterocycles. The van der Waals surface area contributed by atoms with Gasteiger partial charge >= 0.3 is 5.97 Å². The third-order valence-corrected chi connectivity index (χ3v) is 3.06. The van der Waals surface area contributed by atoms with Gasteiger partial charge in [-0.15, -0.1) is 0 Å². The fourth-order valence-corrected chi connectivity index (χ4v) is 1.93. The standard InChI is InChI=1S/C16H23NO4/c1-4-12(8-15(18)19)10-17-16(20)13-6-5-7-14(9-13)21-11(2)3/h5-7,9,11-12H,4,8,10H2,1-3H3,(H,17,20)(H,18,19). The zero-order valence-corrected chi connectivity index (χ0v) is 12.8. The van der Waals surface area contributed by atoms with Crippen LogP contribution in [0, 0.1) is 5.92 Å². The monoisotopic (exact) mass is 293 g/mol. The minimum atomic E-state index is -0.844. The van der Waals surface area contributed by atoms with Crippen LogP contribution in [0.2, 0.25) is 0 Å². The SMILES string of the molecule is CCC(CNC(=O)c1cccc(OC(C)C)c1)CC(=O)O. The topological polar surface area (TPSA) is 75.6 Å². The zero-order valence-electron chi connectivity index (χ0n) is 12.8. The number of hydrogen-bond acceptors (Lipinski definition) is 3. The molecular formula is C16H23NO4. The molecule has 0 aliphatic rings. The average Bonchev–Trinajstić information content (AvgIpc) is 2.42. The summed E-state index contributed by atoms with van der Waals surface area (Å²) in [4.78, 5) is 22.8. The van der Waals surface area contributed by atoms with Crippen LogP contribution >= 0.6 is 0 Å². The molecule has 2 N–H and O–H groups in total. The number of rotatable bonds is 8. The summed E-state index contributed by atoms with van der Waals surface area (Å²) in [6, 6.07) is 6.96. The summed E-state index contributed by atoms with van der Waals surface area (Å²) >= 11 is 0. The lowest BCUT2D eigenvalue weighted by Crippen LogP contribution is -2.30. The van der Waals surface area contributed by atoms with Crippen molar-refractivity contribution in [2.24, 2.45) is 5.92 Å². The summed E-state index contributed by atoms with van der Waals surface area (Å²) in [5, 5.41) is 11.6. The molecular weight excluding hydrogens is 270 g/mol. The quantitative estimate of drug-likeness (QED) is 0.772. The molecule has 1 aromatic carbocycles. The Bertz CT molecular complexity index is 485. The minimum Gasteiger partial charge on any atom is -0.491 e. The van der Waals surface area contributed by atoms with E-state index in [0.29, 0.717) is 24.3 Å². The molecule has 1 aromatic rings. The molecule has 116 valence electrons. The van der Waals surface area contributed by atoms with Gasteiger partial charge in [0.1, 0.15) is 5.75 Å². The molecule has 1 unspecified atom stereocenters. The second-order valence-electron chi connectivity index (χ2n) is 5.28. The Morgan fingerprint density at radius 3 is 2.62 bits per heavy atom. The Morgan fingerprint density at radius 1 is 1.33 bits per heavy atom. The number of carbonyl (C=O) groups excluding carboxylic acids is 1. The smallest absolute Gasteiger partial charge is 0.303 e. The van der Waals surface area contributed by atoms with Crippen LogP contribution in [0.15, 0.2) is 24.3 Å². The first-order valence-corrected chi connectivity index (χ1v) is 7.19. The van der Waals surface area contributed by atoms with Crippen LogP contribution in [0.4, 0.5) is 0 Å². The van der Waals surface area contributed by atoms with E-state index in [1.54, 1.807) is 24.3 Å². The number of carboxylic acids is 1. The number of amides is 1. The number of aliphatic carboxylic acids is 1. The van der Waals surface area contributed by atoms with E-state index in [2.05, 4.69) is 5.32 Å². The van der Waals surface area contributed by atoms with Gasteiger partial charge in [0.05, 0.1) is 6.10 Å². The highest BCUT2D eigenvalue weighted by Gasteiger charge is 2.13. The molecule has 5 nitrogen and oxygen atoms in total. The maximum Gasteiger partial charge on any atom is 0.303 e. The molecule has 0 spiro atoms. The van der Waals surface area contributed by atoms with E-state index < -0.39 is 5.97 Å². The van der Waals surface area contributed by atoms with Crippen LogP contribution in [-0.2, 0) is 4.79 Å². The predicted molar refractivity (Wildman–Crippen MR) is 80.6 cm³/mol. The first kappa shape index (κ1) is 17.0. The van der Waals surface area contributed by atoms with Gasteiger partial charge in [-0.3, -0.25) is 9.59 Å². The molecule has 1 rings (SSSR count). The largest absolute Gasteiger partial charge is 0.491 e. The molecule has 0 fully saturated rings. The van der Waals surface area contributed by atoms with Crippen molar-refractivity contribution in [1.82, 2.24) is 5.32 Å². The molecule has 0 aromatic heterocycles.